The van der Waals surface area contributed by atoms with E-state index in [9.17, 15) is 9.90 Å². The second kappa shape index (κ2) is 17.8. The number of carbonyl (C=O) groups excluding carboxylic acids is 1. The Kier molecular flexibility index (Phi) is 13.0. The fraction of sp³-hybridized carbons (Fsp3) is 0.535. The minimum Gasteiger partial charge on any atom is -0.493 e. The van der Waals surface area contributed by atoms with E-state index >= 15 is 4.79 Å². The third-order valence-corrected chi connectivity index (χ3v) is 11.7. The van der Waals surface area contributed by atoms with Crippen molar-refractivity contribution in [1.82, 2.24) is 9.80 Å². The number of likely N-dealkylation sites (tertiary alicyclic amines) is 1. The Bertz CT molecular complexity index is 1770. The molecule has 12 nitrogen and oxygen atoms in total. The zero-order valence-electron chi connectivity index (χ0n) is 33.0. The molecular weight excluding hydrogens is 704 g/mol. The zero-order chi connectivity index (χ0) is 39.1. The molecule has 55 heavy (non-hydrogen) atoms. The number of morpholine rings is 1. The molecule has 3 fully saturated rings. The predicted octanol–water partition coefficient (Wildman–Crippen LogP) is 6.36. The number of carboxylic acids is 1. The van der Waals surface area contributed by atoms with Crippen molar-refractivity contribution in [2.45, 2.75) is 62.3 Å². The lowest BCUT2D eigenvalue weighted by molar-refractivity contribution is -0.160. The van der Waals surface area contributed by atoms with Gasteiger partial charge in [-0.3, -0.25) is 9.69 Å². The summed E-state index contributed by atoms with van der Waals surface area (Å²) in [4.78, 5) is 33.9. The van der Waals surface area contributed by atoms with Crippen LogP contribution in [0, 0.1) is 5.92 Å². The number of rotatable bonds is 18. The Morgan fingerprint density at radius 1 is 0.818 bits per heavy atom. The van der Waals surface area contributed by atoms with Gasteiger partial charge >= 0.3 is 5.97 Å². The second-order valence-corrected chi connectivity index (χ2v) is 14.6. The Balaban J connectivity index is 1.45. The SMILES string of the molecule is CCC(c1cccc(OCCN2CCOCC2)c1)C1(C(=O)O)C(c2ccc(OC)c(OC)c2)CCN1C(=O)C(CC1CC1)c1cc(OC)c(OC)c(OC)c1. The van der Waals surface area contributed by atoms with E-state index in [4.69, 9.17) is 33.2 Å². The second-order valence-electron chi connectivity index (χ2n) is 14.6. The van der Waals surface area contributed by atoms with Crippen molar-refractivity contribution in [3.05, 3.63) is 71.3 Å². The van der Waals surface area contributed by atoms with Gasteiger partial charge in [-0.15, -0.1) is 0 Å². The fourth-order valence-electron chi connectivity index (χ4n) is 8.78. The summed E-state index contributed by atoms with van der Waals surface area (Å²) in [7, 11) is 7.78. The molecule has 2 aliphatic heterocycles. The first kappa shape index (κ1) is 40.0. The standard InChI is InChI=1S/C43H56N2O10/c1-7-34(29-9-8-10-32(24-29)55-22-19-44-17-20-54-21-18-44)43(42(47)48)35(30-13-14-36(49-2)37(25-30)50-3)15-16-45(43)41(46)33(23-28-11-12-28)31-26-38(51-4)40(53-6)39(27-31)52-5/h8-10,13-14,24-28,33-35H,7,11-12,15-23H2,1-6H3,(H,47,48). The molecule has 298 valence electrons. The molecule has 4 atom stereocenters. The molecule has 12 heteroatoms. The molecule has 0 spiro atoms. The summed E-state index contributed by atoms with van der Waals surface area (Å²) in [6.45, 7) is 6.64. The van der Waals surface area contributed by atoms with Crippen LogP contribution in [0.15, 0.2) is 54.6 Å². The molecule has 1 amide bonds. The number of carbonyl (C=O) groups is 2. The van der Waals surface area contributed by atoms with Gasteiger partial charge in [-0.05, 0) is 78.3 Å². The normalized spacial score (nSPS) is 21.1. The van der Waals surface area contributed by atoms with Crippen molar-refractivity contribution in [2.24, 2.45) is 5.92 Å². The number of benzene rings is 3. The van der Waals surface area contributed by atoms with Crippen molar-refractivity contribution in [2.75, 3.05) is 81.5 Å². The first-order valence-corrected chi connectivity index (χ1v) is 19.3. The third-order valence-electron chi connectivity index (χ3n) is 11.7. The van der Waals surface area contributed by atoms with E-state index in [1.165, 1.54) is 0 Å². The van der Waals surface area contributed by atoms with Crippen molar-refractivity contribution >= 4 is 11.9 Å². The maximum Gasteiger partial charge on any atom is 0.330 e. The molecule has 4 unspecified atom stereocenters. The highest BCUT2D eigenvalue weighted by molar-refractivity contribution is 5.93. The van der Waals surface area contributed by atoms with Crippen molar-refractivity contribution < 1.29 is 47.9 Å². The third kappa shape index (κ3) is 8.16. The van der Waals surface area contributed by atoms with Crippen LogP contribution in [0.4, 0.5) is 0 Å². The van der Waals surface area contributed by atoms with Crippen molar-refractivity contribution in [1.29, 1.82) is 0 Å². The summed E-state index contributed by atoms with van der Waals surface area (Å²) in [6, 6.07) is 16.9. The Morgan fingerprint density at radius 3 is 2.11 bits per heavy atom. The highest BCUT2D eigenvalue weighted by Crippen LogP contribution is 2.55. The Hall–Kier alpha value is -4.68. The number of ether oxygens (including phenoxy) is 7. The highest BCUT2D eigenvalue weighted by atomic mass is 16.5. The molecule has 0 aromatic heterocycles. The molecule has 3 aromatic carbocycles. The van der Waals surface area contributed by atoms with Crippen LogP contribution in [-0.4, -0.2) is 114 Å². The van der Waals surface area contributed by atoms with Crippen LogP contribution < -0.4 is 28.4 Å². The lowest BCUT2D eigenvalue weighted by Gasteiger charge is -2.46. The minimum absolute atomic E-state index is 0.233. The van der Waals surface area contributed by atoms with Gasteiger partial charge in [0.2, 0.25) is 11.7 Å². The molecule has 2 heterocycles. The van der Waals surface area contributed by atoms with Gasteiger partial charge in [-0.1, -0.05) is 38.0 Å². The van der Waals surface area contributed by atoms with Crippen LogP contribution in [0.25, 0.3) is 0 Å². The number of hydrogen-bond donors (Lipinski definition) is 1. The van der Waals surface area contributed by atoms with E-state index in [1.54, 1.807) is 46.5 Å². The average molecular weight is 761 g/mol. The van der Waals surface area contributed by atoms with Crippen molar-refractivity contribution in [3.8, 4) is 34.5 Å². The molecule has 1 saturated carbocycles. The number of carboxylic acid groups (broad SMARTS) is 1. The molecule has 1 N–H and O–H groups in total. The van der Waals surface area contributed by atoms with Crippen LogP contribution in [0.1, 0.15) is 73.5 Å². The van der Waals surface area contributed by atoms with Crippen LogP contribution in [0.2, 0.25) is 0 Å². The Labute approximate surface area is 324 Å². The van der Waals surface area contributed by atoms with Gasteiger partial charge < -0.3 is 43.2 Å². The first-order valence-electron chi connectivity index (χ1n) is 19.3. The van der Waals surface area contributed by atoms with E-state index < -0.39 is 29.3 Å². The number of aliphatic carboxylic acids is 1. The van der Waals surface area contributed by atoms with Gasteiger partial charge in [0.25, 0.3) is 0 Å². The molecule has 0 bridgehead atoms. The molecule has 3 aliphatic rings. The molecule has 1 aliphatic carbocycles. The van der Waals surface area contributed by atoms with Crippen LogP contribution in [0.3, 0.4) is 0 Å². The van der Waals surface area contributed by atoms with E-state index in [1.807, 2.05) is 55.5 Å². The largest absolute Gasteiger partial charge is 0.493 e. The Morgan fingerprint density at radius 2 is 1.51 bits per heavy atom. The average Bonchev–Trinajstić information content (AvgIpc) is 3.96. The number of hydrogen-bond acceptors (Lipinski definition) is 10. The monoisotopic (exact) mass is 760 g/mol. The topological polar surface area (TPSA) is 125 Å². The molecular formula is C43H56N2O10. The number of methoxy groups -OCH3 is 5. The highest BCUT2D eigenvalue weighted by Gasteiger charge is 2.62. The predicted molar refractivity (Wildman–Crippen MR) is 207 cm³/mol. The van der Waals surface area contributed by atoms with Crippen LogP contribution in [-0.2, 0) is 14.3 Å². The van der Waals surface area contributed by atoms with E-state index in [0.717, 1.165) is 43.6 Å². The zero-order valence-corrected chi connectivity index (χ0v) is 33.0. The quantitative estimate of drug-likeness (QED) is 0.156. The summed E-state index contributed by atoms with van der Waals surface area (Å²) in [5.41, 5.74) is 0.591. The molecule has 6 rings (SSSR count). The van der Waals surface area contributed by atoms with Crippen LogP contribution in [0.5, 0.6) is 34.5 Å². The van der Waals surface area contributed by atoms with Crippen molar-refractivity contribution in [3.63, 3.8) is 0 Å². The van der Waals surface area contributed by atoms with E-state index in [2.05, 4.69) is 4.90 Å². The lowest BCUT2D eigenvalue weighted by Crippen LogP contribution is -2.60. The van der Waals surface area contributed by atoms with Gasteiger partial charge in [0.15, 0.2) is 28.5 Å². The van der Waals surface area contributed by atoms with Gasteiger partial charge in [0.05, 0.1) is 54.7 Å². The molecule has 2 saturated heterocycles. The fourth-order valence-corrected chi connectivity index (χ4v) is 8.78. The maximum absolute atomic E-state index is 15.5. The first-order chi connectivity index (χ1) is 26.7. The smallest absolute Gasteiger partial charge is 0.330 e. The summed E-state index contributed by atoms with van der Waals surface area (Å²) >= 11 is 0. The summed E-state index contributed by atoms with van der Waals surface area (Å²) in [5, 5.41) is 11.8. The number of amides is 1. The summed E-state index contributed by atoms with van der Waals surface area (Å²) < 4.78 is 40.1. The van der Waals surface area contributed by atoms with Gasteiger partial charge in [-0.25, -0.2) is 4.79 Å². The van der Waals surface area contributed by atoms with Gasteiger partial charge in [-0.2, -0.15) is 0 Å². The van der Waals surface area contributed by atoms with Gasteiger partial charge in [0, 0.05) is 38.0 Å². The van der Waals surface area contributed by atoms with E-state index in [-0.39, 0.29) is 12.5 Å². The number of nitrogens with zero attached hydrogens (tertiary/aromatic N) is 2. The van der Waals surface area contributed by atoms with Crippen LogP contribution >= 0.6 is 0 Å². The minimum atomic E-state index is -1.67. The molecule has 0 radical (unpaired) electrons. The lowest BCUT2D eigenvalue weighted by atomic mass is 9.67. The van der Waals surface area contributed by atoms with Gasteiger partial charge in [0.1, 0.15) is 12.4 Å². The molecule has 3 aromatic rings. The summed E-state index contributed by atoms with van der Waals surface area (Å²) in [6.07, 6.45) is 3.50. The summed E-state index contributed by atoms with van der Waals surface area (Å²) in [5.74, 6) is 0.253. The maximum atomic E-state index is 15.5. The van der Waals surface area contributed by atoms with E-state index in [0.29, 0.717) is 85.1 Å².